The molecule has 208 valence electrons. The monoisotopic (exact) mass is 553 g/mol. The highest BCUT2D eigenvalue weighted by Crippen LogP contribution is 2.25. The van der Waals surface area contributed by atoms with Gasteiger partial charge in [-0.25, -0.2) is 12.8 Å². The highest BCUT2D eigenvalue weighted by molar-refractivity contribution is 7.92. The lowest BCUT2D eigenvalue weighted by Gasteiger charge is -2.33. The summed E-state index contributed by atoms with van der Waals surface area (Å²) in [5, 5.41) is 2.90. The molecule has 3 aromatic carbocycles. The number of rotatable bonds is 9. The predicted octanol–water partition coefficient (Wildman–Crippen LogP) is 4.97. The molecule has 0 aliphatic rings. The van der Waals surface area contributed by atoms with Crippen molar-refractivity contribution in [1.29, 1.82) is 0 Å². The summed E-state index contributed by atoms with van der Waals surface area (Å²) in [7, 11) is -4.25. The number of aryl methyl sites for hydroxylation is 2. The summed E-state index contributed by atoms with van der Waals surface area (Å²) < 4.78 is 42.0. The minimum Gasteiger partial charge on any atom is -0.350 e. The average Bonchev–Trinajstić information content (AvgIpc) is 2.86. The van der Waals surface area contributed by atoms with E-state index in [4.69, 9.17) is 0 Å². The summed E-state index contributed by atoms with van der Waals surface area (Å²) in [5.41, 5.74) is 2.51. The molecule has 1 N–H and O–H groups in total. The zero-order valence-corrected chi connectivity index (χ0v) is 24.0. The fraction of sp³-hybridized carbons (Fsp3) is 0.333. The van der Waals surface area contributed by atoms with Crippen molar-refractivity contribution in [2.75, 3.05) is 10.8 Å². The summed E-state index contributed by atoms with van der Waals surface area (Å²) in [5.74, 6) is -1.49. The first-order valence-corrected chi connectivity index (χ1v) is 14.1. The van der Waals surface area contributed by atoms with E-state index in [9.17, 15) is 22.4 Å². The van der Waals surface area contributed by atoms with Crippen molar-refractivity contribution in [3.8, 4) is 0 Å². The third kappa shape index (κ3) is 7.89. The molecule has 0 spiro atoms. The summed E-state index contributed by atoms with van der Waals surface area (Å²) >= 11 is 0. The Morgan fingerprint density at radius 3 is 1.90 bits per heavy atom. The van der Waals surface area contributed by atoms with Crippen molar-refractivity contribution >= 4 is 27.5 Å². The van der Waals surface area contributed by atoms with Crippen LogP contribution in [0.3, 0.4) is 0 Å². The predicted molar refractivity (Wildman–Crippen MR) is 151 cm³/mol. The number of sulfonamides is 1. The van der Waals surface area contributed by atoms with Crippen LogP contribution in [0.4, 0.5) is 10.1 Å². The van der Waals surface area contributed by atoms with Gasteiger partial charge in [-0.15, -0.1) is 0 Å². The first-order chi connectivity index (χ1) is 18.2. The molecule has 7 nitrogen and oxygen atoms in total. The fourth-order valence-corrected chi connectivity index (χ4v) is 5.33. The molecule has 3 rings (SSSR count). The van der Waals surface area contributed by atoms with Crippen LogP contribution in [-0.2, 0) is 26.2 Å². The molecule has 9 heteroatoms. The summed E-state index contributed by atoms with van der Waals surface area (Å²) in [6.07, 6.45) is 0. The zero-order valence-electron chi connectivity index (χ0n) is 23.2. The first kappa shape index (κ1) is 29.8. The molecule has 39 heavy (non-hydrogen) atoms. The number of amides is 2. The Morgan fingerprint density at radius 2 is 1.38 bits per heavy atom. The van der Waals surface area contributed by atoms with Crippen molar-refractivity contribution in [1.82, 2.24) is 10.2 Å². The maximum Gasteiger partial charge on any atom is 0.264 e. The molecule has 1 atom stereocenters. The van der Waals surface area contributed by atoms with Crippen LogP contribution in [0.1, 0.15) is 44.4 Å². The van der Waals surface area contributed by atoms with E-state index in [0.29, 0.717) is 0 Å². The topological polar surface area (TPSA) is 86.8 Å². The first-order valence-electron chi connectivity index (χ1n) is 12.7. The Balaban J connectivity index is 2.02. The molecule has 0 radical (unpaired) electrons. The summed E-state index contributed by atoms with van der Waals surface area (Å²) in [4.78, 5) is 28.2. The minimum absolute atomic E-state index is 0.107. The van der Waals surface area contributed by atoms with Crippen LogP contribution < -0.4 is 9.62 Å². The quantitative estimate of drug-likeness (QED) is 0.405. The van der Waals surface area contributed by atoms with Gasteiger partial charge in [0.2, 0.25) is 11.8 Å². The van der Waals surface area contributed by atoms with Crippen LogP contribution in [0.25, 0.3) is 0 Å². The summed E-state index contributed by atoms with van der Waals surface area (Å²) in [6, 6.07) is 17.9. The van der Waals surface area contributed by atoms with Crippen molar-refractivity contribution < 1.29 is 22.4 Å². The number of nitrogens with zero attached hydrogens (tertiary/aromatic N) is 2. The van der Waals surface area contributed by atoms with E-state index in [1.54, 1.807) is 31.2 Å². The number of halogens is 1. The number of nitrogens with one attached hydrogen (secondary N) is 1. The lowest BCUT2D eigenvalue weighted by molar-refractivity contribution is -0.140. The third-order valence-corrected chi connectivity index (χ3v) is 7.93. The molecule has 0 heterocycles. The van der Waals surface area contributed by atoms with Crippen molar-refractivity contribution in [2.24, 2.45) is 0 Å². The van der Waals surface area contributed by atoms with Crippen molar-refractivity contribution in [3.05, 3.63) is 95.3 Å². The van der Waals surface area contributed by atoms with Gasteiger partial charge in [0.25, 0.3) is 10.0 Å². The van der Waals surface area contributed by atoms with Gasteiger partial charge in [-0.1, -0.05) is 47.5 Å². The van der Waals surface area contributed by atoms with E-state index in [2.05, 4.69) is 5.32 Å². The van der Waals surface area contributed by atoms with E-state index >= 15 is 0 Å². The van der Waals surface area contributed by atoms with Crippen LogP contribution in [0.2, 0.25) is 0 Å². The number of anilines is 1. The number of benzene rings is 3. The van der Waals surface area contributed by atoms with E-state index < -0.39 is 39.9 Å². The Bertz CT molecular complexity index is 1400. The molecule has 0 saturated heterocycles. The van der Waals surface area contributed by atoms with Crippen LogP contribution in [-0.4, -0.2) is 43.3 Å². The van der Waals surface area contributed by atoms with Crippen LogP contribution in [0, 0.1) is 19.7 Å². The minimum atomic E-state index is -4.25. The van der Waals surface area contributed by atoms with Gasteiger partial charge in [-0.2, -0.15) is 0 Å². The second-order valence-corrected chi connectivity index (χ2v) is 12.6. The lowest BCUT2D eigenvalue weighted by Crippen LogP contribution is -2.54. The SMILES string of the molecule is Cc1ccc(CN(C(=O)CN(c2ccc(C)cc2)S(=O)(=O)c2ccc(F)cc2)[C@H](C)C(=O)NC(C)(C)C)cc1. The number of carbonyl (C=O) groups excluding carboxylic acids is 2. The van der Waals surface area contributed by atoms with Crippen LogP contribution in [0.5, 0.6) is 0 Å². The van der Waals surface area contributed by atoms with Gasteiger partial charge >= 0.3 is 0 Å². The number of hydrogen-bond acceptors (Lipinski definition) is 4. The maximum atomic E-state index is 13.9. The normalized spacial score (nSPS) is 12.5. The third-order valence-electron chi connectivity index (χ3n) is 6.14. The second-order valence-electron chi connectivity index (χ2n) is 10.7. The van der Waals surface area contributed by atoms with Crippen molar-refractivity contribution in [3.63, 3.8) is 0 Å². The number of hydrogen-bond donors (Lipinski definition) is 1. The highest BCUT2D eigenvalue weighted by Gasteiger charge is 2.33. The Hall–Kier alpha value is -3.72. The lowest BCUT2D eigenvalue weighted by atomic mass is 10.1. The molecule has 0 unspecified atom stereocenters. The number of carbonyl (C=O) groups is 2. The molecule has 0 aromatic heterocycles. The highest BCUT2D eigenvalue weighted by atomic mass is 32.2. The smallest absolute Gasteiger partial charge is 0.264 e. The van der Waals surface area contributed by atoms with Crippen LogP contribution in [0.15, 0.2) is 77.7 Å². The van der Waals surface area contributed by atoms with Gasteiger partial charge in [0, 0.05) is 12.1 Å². The second kappa shape index (κ2) is 12.0. The molecular weight excluding hydrogens is 517 g/mol. The molecule has 0 fully saturated rings. The van der Waals surface area contributed by atoms with Gasteiger partial charge < -0.3 is 10.2 Å². The standard InChI is InChI=1S/C30H36FN3O4S/c1-21-7-11-24(12-8-21)19-33(23(3)29(36)32-30(4,5)6)28(35)20-34(26-15-9-22(2)10-16-26)39(37,38)27-17-13-25(31)14-18-27/h7-18,23H,19-20H2,1-6H3,(H,32,36)/t23-/m1/s1. The molecule has 3 aromatic rings. The average molecular weight is 554 g/mol. The van der Waals surface area contributed by atoms with Gasteiger partial charge in [0.1, 0.15) is 18.4 Å². The zero-order chi connectivity index (χ0) is 29.0. The molecule has 0 saturated carbocycles. The van der Waals surface area contributed by atoms with Gasteiger partial charge in [-0.05, 0) is 83.5 Å². The maximum absolute atomic E-state index is 13.9. The largest absolute Gasteiger partial charge is 0.350 e. The van der Waals surface area contributed by atoms with Crippen LogP contribution >= 0.6 is 0 Å². The van der Waals surface area contributed by atoms with E-state index in [1.807, 2.05) is 58.9 Å². The Morgan fingerprint density at radius 1 is 0.872 bits per heavy atom. The van der Waals surface area contributed by atoms with Crippen molar-refractivity contribution in [2.45, 2.75) is 64.6 Å². The van der Waals surface area contributed by atoms with E-state index in [1.165, 1.54) is 17.0 Å². The van der Waals surface area contributed by atoms with Gasteiger partial charge in [0.15, 0.2) is 0 Å². The molecule has 0 bridgehead atoms. The van der Waals surface area contributed by atoms with Gasteiger partial charge in [0.05, 0.1) is 10.6 Å². The molecular formula is C30H36FN3O4S. The molecule has 2 amide bonds. The molecule has 0 aliphatic heterocycles. The molecule has 0 aliphatic carbocycles. The van der Waals surface area contributed by atoms with E-state index in [0.717, 1.165) is 33.1 Å². The Labute approximate surface area is 230 Å². The summed E-state index contributed by atoms with van der Waals surface area (Å²) in [6.45, 7) is 10.5. The van der Waals surface area contributed by atoms with Gasteiger partial charge in [-0.3, -0.25) is 13.9 Å². The van der Waals surface area contributed by atoms with E-state index in [-0.39, 0.29) is 23.0 Å². The fourth-order valence-electron chi connectivity index (χ4n) is 3.92. The Kier molecular flexibility index (Phi) is 9.17.